The Morgan fingerprint density at radius 1 is 1.41 bits per heavy atom. The number of Topliss-reactive ketones (excluding diaryl/α,β-unsaturated/α-hetero) is 1. The summed E-state index contributed by atoms with van der Waals surface area (Å²) in [5.41, 5.74) is 0.730. The Bertz CT molecular complexity index is 534. The average molecular weight is 311 g/mol. The summed E-state index contributed by atoms with van der Waals surface area (Å²) < 4.78 is 6.11. The third kappa shape index (κ3) is 3.23. The standard InChI is InChI=1S/C13H11BrO2S/c1-9-13(5-6-16-9)17-8-12(15)10-3-2-4-11(14)7-10/h2-7H,8H2,1H3. The molecule has 0 bridgehead atoms. The summed E-state index contributed by atoms with van der Waals surface area (Å²) in [6.45, 7) is 1.89. The molecule has 0 aliphatic carbocycles. The fourth-order valence-electron chi connectivity index (χ4n) is 1.41. The van der Waals surface area contributed by atoms with Gasteiger partial charge < -0.3 is 4.42 Å². The Balaban J connectivity index is 2.01. The lowest BCUT2D eigenvalue weighted by Crippen LogP contribution is -2.01. The summed E-state index contributed by atoms with van der Waals surface area (Å²) in [6, 6.07) is 9.32. The van der Waals surface area contributed by atoms with Crippen molar-refractivity contribution in [3.63, 3.8) is 0 Å². The number of rotatable bonds is 4. The molecule has 17 heavy (non-hydrogen) atoms. The van der Waals surface area contributed by atoms with Crippen molar-refractivity contribution < 1.29 is 9.21 Å². The van der Waals surface area contributed by atoms with Crippen molar-refractivity contribution in [3.05, 3.63) is 52.4 Å². The molecule has 0 radical (unpaired) electrons. The van der Waals surface area contributed by atoms with E-state index in [4.69, 9.17) is 4.42 Å². The van der Waals surface area contributed by atoms with Gasteiger partial charge in [-0.1, -0.05) is 28.1 Å². The number of hydrogen-bond donors (Lipinski definition) is 0. The summed E-state index contributed by atoms with van der Waals surface area (Å²) in [4.78, 5) is 13.0. The van der Waals surface area contributed by atoms with Crippen molar-refractivity contribution in [1.82, 2.24) is 0 Å². The van der Waals surface area contributed by atoms with E-state index < -0.39 is 0 Å². The number of thioether (sulfide) groups is 1. The molecule has 0 aliphatic heterocycles. The van der Waals surface area contributed by atoms with E-state index in [1.54, 1.807) is 6.26 Å². The summed E-state index contributed by atoms with van der Waals surface area (Å²) in [5, 5.41) is 0. The number of furan rings is 1. The molecule has 0 fully saturated rings. The molecule has 1 aromatic heterocycles. The van der Waals surface area contributed by atoms with E-state index in [9.17, 15) is 4.79 Å². The zero-order valence-electron chi connectivity index (χ0n) is 9.27. The van der Waals surface area contributed by atoms with Crippen LogP contribution in [0.15, 0.2) is 50.4 Å². The first-order chi connectivity index (χ1) is 8.16. The summed E-state index contributed by atoms with van der Waals surface area (Å²) >= 11 is 4.86. The molecule has 0 N–H and O–H groups in total. The summed E-state index contributed by atoms with van der Waals surface area (Å²) in [6.07, 6.45) is 1.64. The molecule has 4 heteroatoms. The van der Waals surface area contributed by atoms with Crippen molar-refractivity contribution in [2.75, 3.05) is 5.75 Å². The first kappa shape index (κ1) is 12.5. The molecule has 2 nitrogen and oxygen atoms in total. The predicted octanol–water partition coefficient (Wildman–Crippen LogP) is 4.33. The molecule has 1 heterocycles. The first-order valence-electron chi connectivity index (χ1n) is 5.12. The molecule has 0 amide bonds. The van der Waals surface area contributed by atoms with Crippen LogP contribution >= 0.6 is 27.7 Å². The minimum atomic E-state index is 0.122. The van der Waals surface area contributed by atoms with Crippen molar-refractivity contribution in [1.29, 1.82) is 0 Å². The van der Waals surface area contributed by atoms with Gasteiger partial charge in [0, 0.05) is 14.9 Å². The van der Waals surface area contributed by atoms with Gasteiger partial charge in [0.1, 0.15) is 5.76 Å². The normalized spacial score (nSPS) is 10.5. The van der Waals surface area contributed by atoms with E-state index in [1.807, 2.05) is 37.3 Å². The molecule has 0 aliphatic rings. The Hall–Kier alpha value is -1.00. The van der Waals surface area contributed by atoms with E-state index in [1.165, 1.54) is 11.8 Å². The maximum absolute atomic E-state index is 11.9. The predicted molar refractivity (Wildman–Crippen MR) is 72.6 cm³/mol. The number of carbonyl (C=O) groups excluding carboxylic acids is 1. The van der Waals surface area contributed by atoms with Crippen LogP contribution in [0.5, 0.6) is 0 Å². The van der Waals surface area contributed by atoms with Crippen LogP contribution < -0.4 is 0 Å². The van der Waals surface area contributed by atoms with Crippen molar-refractivity contribution in [3.8, 4) is 0 Å². The number of halogens is 1. The van der Waals surface area contributed by atoms with Gasteiger partial charge in [0.05, 0.1) is 12.0 Å². The quantitative estimate of drug-likeness (QED) is 0.622. The van der Waals surface area contributed by atoms with Crippen LogP contribution in [0.1, 0.15) is 16.1 Å². The molecule has 2 rings (SSSR count). The van der Waals surface area contributed by atoms with Gasteiger partial charge in [-0.25, -0.2) is 0 Å². The molecule has 0 saturated heterocycles. The van der Waals surface area contributed by atoms with Crippen molar-refractivity contribution in [2.45, 2.75) is 11.8 Å². The lowest BCUT2D eigenvalue weighted by atomic mass is 10.2. The number of hydrogen-bond acceptors (Lipinski definition) is 3. The fraction of sp³-hybridized carbons (Fsp3) is 0.154. The van der Waals surface area contributed by atoms with Crippen LogP contribution in [0.2, 0.25) is 0 Å². The Kier molecular flexibility index (Phi) is 4.07. The second-order valence-corrected chi connectivity index (χ2v) is 5.50. The molecule has 0 saturated carbocycles. The van der Waals surface area contributed by atoms with Gasteiger partial charge in [-0.15, -0.1) is 11.8 Å². The Labute approximate surface area is 113 Å². The first-order valence-corrected chi connectivity index (χ1v) is 6.90. The highest BCUT2D eigenvalue weighted by Gasteiger charge is 2.09. The maximum Gasteiger partial charge on any atom is 0.173 e. The van der Waals surface area contributed by atoms with Gasteiger partial charge in [0.2, 0.25) is 0 Å². The molecule has 0 unspecified atom stereocenters. The number of benzene rings is 1. The zero-order valence-corrected chi connectivity index (χ0v) is 11.7. The lowest BCUT2D eigenvalue weighted by molar-refractivity contribution is 0.102. The summed E-state index contributed by atoms with van der Waals surface area (Å²) in [5.74, 6) is 1.41. The van der Waals surface area contributed by atoms with Crippen molar-refractivity contribution >= 4 is 33.5 Å². The minimum Gasteiger partial charge on any atom is -0.468 e. The van der Waals surface area contributed by atoms with Gasteiger partial charge in [-0.2, -0.15) is 0 Å². The van der Waals surface area contributed by atoms with Crippen LogP contribution in [0, 0.1) is 6.92 Å². The molecular weight excluding hydrogens is 300 g/mol. The molecular formula is C13H11BrO2S. The molecule has 0 atom stereocenters. The van der Waals surface area contributed by atoms with Crippen LogP contribution in [0.3, 0.4) is 0 Å². The van der Waals surface area contributed by atoms with E-state index >= 15 is 0 Å². The second-order valence-electron chi connectivity index (χ2n) is 3.56. The number of aryl methyl sites for hydroxylation is 1. The highest BCUT2D eigenvalue weighted by atomic mass is 79.9. The van der Waals surface area contributed by atoms with Gasteiger partial charge >= 0.3 is 0 Å². The van der Waals surface area contributed by atoms with E-state index in [2.05, 4.69) is 15.9 Å². The monoisotopic (exact) mass is 310 g/mol. The van der Waals surface area contributed by atoms with Crippen molar-refractivity contribution in [2.24, 2.45) is 0 Å². The molecule has 0 spiro atoms. The molecule has 88 valence electrons. The molecule has 1 aromatic carbocycles. The smallest absolute Gasteiger partial charge is 0.173 e. The minimum absolute atomic E-state index is 0.122. The van der Waals surface area contributed by atoms with Gasteiger partial charge in [0.25, 0.3) is 0 Å². The van der Waals surface area contributed by atoms with Gasteiger partial charge in [0.15, 0.2) is 5.78 Å². The van der Waals surface area contributed by atoms with Gasteiger partial charge in [-0.3, -0.25) is 4.79 Å². The zero-order chi connectivity index (χ0) is 12.3. The van der Waals surface area contributed by atoms with E-state index in [-0.39, 0.29) is 5.78 Å². The second kappa shape index (κ2) is 5.56. The lowest BCUT2D eigenvalue weighted by Gasteiger charge is -2.01. The maximum atomic E-state index is 11.9. The third-order valence-corrected chi connectivity index (χ3v) is 3.95. The highest BCUT2D eigenvalue weighted by molar-refractivity contribution is 9.10. The number of ketones is 1. The SMILES string of the molecule is Cc1occc1SCC(=O)c1cccc(Br)c1. The van der Waals surface area contributed by atoms with E-state index in [0.717, 1.165) is 20.7 Å². The average Bonchev–Trinajstić information content (AvgIpc) is 2.72. The largest absolute Gasteiger partial charge is 0.468 e. The van der Waals surface area contributed by atoms with Crippen LogP contribution in [0.4, 0.5) is 0 Å². The summed E-state index contributed by atoms with van der Waals surface area (Å²) in [7, 11) is 0. The van der Waals surface area contributed by atoms with Crippen LogP contribution in [-0.2, 0) is 0 Å². The topological polar surface area (TPSA) is 30.2 Å². The van der Waals surface area contributed by atoms with E-state index in [0.29, 0.717) is 5.75 Å². The fourth-order valence-corrected chi connectivity index (χ4v) is 2.67. The Morgan fingerprint density at radius 2 is 2.24 bits per heavy atom. The highest BCUT2D eigenvalue weighted by Crippen LogP contribution is 2.24. The Morgan fingerprint density at radius 3 is 2.88 bits per heavy atom. The molecule has 2 aromatic rings. The third-order valence-electron chi connectivity index (χ3n) is 2.32. The van der Waals surface area contributed by atoms with Gasteiger partial charge in [-0.05, 0) is 25.1 Å². The number of carbonyl (C=O) groups is 1. The van der Waals surface area contributed by atoms with Crippen LogP contribution in [-0.4, -0.2) is 11.5 Å². The van der Waals surface area contributed by atoms with Crippen LogP contribution in [0.25, 0.3) is 0 Å².